The number of carbonyl (C=O) groups excluding carboxylic acids is 4. The van der Waals surface area contributed by atoms with Crippen LogP contribution < -0.4 is 0 Å². The molecule has 4 atom stereocenters. The summed E-state index contributed by atoms with van der Waals surface area (Å²) in [5.41, 5.74) is 0. The van der Waals surface area contributed by atoms with Gasteiger partial charge in [0.1, 0.15) is 26.4 Å². The Balaban J connectivity index is 1.68. The maximum Gasteiger partial charge on any atom is 0.309 e. The lowest BCUT2D eigenvalue weighted by molar-refractivity contribution is -0.171. The van der Waals surface area contributed by atoms with Gasteiger partial charge in [-0.2, -0.15) is 0 Å². The molecule has 3 aliphatic rings. The zero-order chi connectivity index (χ0) is 19.9. The van der Waals surface area contributed by atoms with E-state index in [0.717, 1.165) is 25.7 Å². The van der Waals surface area contributed by atoms with Gasteiger partial charge in [-0.25, -0.2) is 0 Å². The normalized spacial score (nSPS) is 33.4. The number of hydrogen-bond donors (Lipinski definition) is 0. The molecule has 0 amide bonds. The van der Waals surface area contributed by atoms with Gasteiger partial charge >= 0.3 is 23.9 Å². The number of fused-ring (bicyclic) bond motifs is 2. The van der Waals surface area contributed by atoms with Crippen LogP contribution >= 0.6 is 0 Å². The maximum atomic E-state index is 12.4. The fourth-order valence-electron chi connectivity index (χ4n) is 4.39. The molecule has 8 heteroatoms. The third-order valence-corrected chi connectivity index (χ3v) is 5.89. The molecule has 2 saturated carbocycles. The fraction of sp³-hybridized carbons (Fsp3) is 0.800. The van der Waals surface area contributed by atoms with E-state index in [9.17, 15) is 19.2 Å². The van der Waals surface area contributed by atoms with E-state index in [1.807, 2.05) is 0 Å². The van der Waals surface area contributed by atoms with Crippen molar-refractivity contribution >= 4 is 23.9 Å². The standard InChI is InChI=1S/C20H28O8/c21-17-13-5-1-2-6-14(13)18(22)26-11-12-28-20(24)16-8-4-3-7-15(16)19(23)27-10-9-25-17/h13-16H,1-12H2/t13-,14+,15-,16+. The lowest BCUT2D eigenvalue weighted by Crippen LogP contribution is -2.38. The van der Waals surface area contributed by atoms with E-state index >= 15 is 0 Å². The number of carbonyl (C=O) groups is 4. The summed E-state index contributed by atoms with van der Waals surface area (Å²) in [7, 11) is 0. The molecule has 0 aromatic rings. The predicted molar refractivity (Wildman–Crippen MR) is 94.7 cm³/mol. The van der Waals surface area contributed by atoms with E-state index in [2.05, 4.69) is 0 Å². The van der Waals surface area contributed by atoms with Crippen LogP contribution in [-0.2, 0) is 38.1 Å². The third kappa shape index (κ3) is 5.02. The molecule has 0 bridgehead atoms. The zero-order valence-corrected chi connectivity index (χ0v) is 16.1. The summed E-state index contributed by atoms with van der Waals surface area (Å²) in [6.45, 7) is -0.259. The minimum atomic E-state index is -0.546. The van der Waals surface area contributed by atoms with E-state index in [0.29, 0.717) is 25.7 Å². The maximum absolute atomic E-state index is 12.4. The first-order valence-corrected chi connectivity index (χ1v) is 10.2. The Labute approximate surface area is 164 Å². The summed E-state index contributed by atoms with van der Waals surface area (Å²) in [6, 6.07) is 0. The number of cyclic esters (lactones) is 4. The molecule has 1 saturated heterocycles. The van der Waals surface area contributed by atoms with Crippen LogP contribution in [0.1, 0.15) is 51.4 Å². The molecule has 8 nitrogen and oxygen atoms in total. The van der Waals surface area contributed by atoms with E-state index in [-0.39, 0.29) is 26.4 Å². The van der Waals surface area contributed by atoms with Crippen LogP contribution in [0.2, 0.25) is 0 Å². The van der Waals surface area contributed by atoms with Gasteiger partial charge in [-0.05, 0) is 25.7 Å². The molecule has 0 spiro atoms. The molecule has 1 heterocycles. The van der Waals surface area contributed by atoms with Gasteiger partial charge in [0.25, 0.3) is 0 Å². The third-order valence-electron chi connectivity index (χ3n) is 5.89. The molecule has 28 heavy (non-hydrogen) atoms. The van der Waals surface area contributed by atoms with Crippen LogP contribution in [0.25, 0.3) is 0 Å². The number of esters is 4. The van der Waals surface area contributed by atoms with Crippen molar-refractivity contribution in [3.8, 4) is 0 Å². The van der Waals surface area contributed by atoms with Crippen molar-refractivity contribution < 1.29 is 38.1 Å². The lowest BCUT2D eigenvalue weighted by atomic mass is 9.79. The zero-order valence-electron chi connectivity index (χ0n) is 16.1. The molecule has 3 fully saturated rings. The van der Waals surface area contributed by atoms with Gasteiger partial charge in [0.15, 0.2) is 0 Å². The van der Waals surface area contributed by atoms with Crippen molar-refractivity contribution in [2.45, 2.75) is 51.4 Å². The molecule has 0 aromatic heterocycles. The second kappa shape index (κ2) is 9.89. The quantitative estimate of drug-likeness (QED) is 0.451. The Morgan fingerprint density at radius 1 is 0.429 bits per heavy atom. The molecule has 0 aromatic carbocycles. The monoisotopic (exact) mass is 396 g/mol. The van der Waals surface area contributed by atoms with Crippen LogP contribution in [0, 0.1) is 23.7 Å². The van der Waals surface area contributed by atoms with Crippen molar-refractivity contribution in [1.82, 2.24) is 0 Å². The first kappa shape index (κ1) is 20.6. The van der Waals surface area contributed by atoms with Gasteiger partial charge in [-0.15, -0.1) is 0 Å². The molecule has 3 rings (SSSR count). The molecule has 0 radical (unpaired) electrons. The van der Waals surface area contributed by atoms with Crippen molar-refractivity contribution in [3.05, 3.63) is 0 Å². The Bertz CT molecular complexity index is 497. The van der Waals surface area contributed by atoms with Crippen LogP contribution in [0.5, 0.6) is 0 Å². The molecule has 1 aliphatic heterocycles. The van der Waals surface area contributed by atoms with Gasteiger partial charge in [0.2, 0.25) is 0 Å². The molecule has 2 aliphatic carbocycles. The summed E-state index contributed by atoms with van der Waals surface area (Å²) >= 11 is 0. The molecular formula is C20H28O8. The first-order valence-electron chi connectivity index (χ1n) is 10.2. The minimum absolute atomic E-state index is 0.0648. The highest BCUT2D eigenvalue weighted by Gasteiger charge is 2.39. The fourth-order valence-corrected chi connectivity index (χ4v) is 4.39. The van der Waals surface area contributed by atoms with E-state index < -0.39 is 47.5 Å². The highest BCUT2D eigenvalue weighted by molar-refractivity contribution is 5.83. The van der Waals surface area contributed by atoms with Crippen LogP contribution in [0.3, 0.4) is 0 Å². The van der Waals surface area contributed by atoms with Crippen LogP contribution in [0.4, 0.5) is 0 Å². The Morgan fingerprint density at radius 2 is 0.643 bits per heavy atom. The van der Waals surface area contributed by atoms with Crippen LogP contribution in [-0.4, -0.2) is 50.3 Å². The summed E-state index contributed by atoms with van der Waals surface area (Å²) in [6.07, 6.45) is 5.65. The van der Waals surface area contributed by atoms with Crippen LogP contribution in [0.15, 0.2) is 0 Å². The topological polar surface area (TPSA) is 105 Å². The molecule has 0 N–H and O–H groups in total. The lowest BCUT2D eigenvalue weighted by Gasteiger charge is -2.29. The molecule has 0 unspecified atom stereocenters. The largest absolute Gasteiger partial charge is 0.462 e. The van der Waals surface area contributed by atoms with Crippen molar-refractivity contribution in [1.29, 1.82) is 0 Å². The van der Waals surface area contributed by atoms with Gasteiger partial charge in [-0.1, -0.05) is 25.7 Å². The number of ether oxygens (including phenoxy) is 4. The molecule has 156 valence electrons. The van der Waals surface area contributed by atoms with Gasteiger partial charge in [-0.3, -0.25) is 19.2 Å². The Kier molecular flexibility index (Phi) is 7.28. The Hall–Kier alpha value is -2.12. The summed E-state index contributed by atoms with van der Waals surface area (Å²) < 4.78 is 21.0. The van der Waals surface area contributed by atoms with E-state index in [4.69, 9.17) is 18.9 Å². The number of hydrogen-bond acceptors (Lipinski definition) is 8. The molecular weight excluding hydrogens is 368 g/mol. The minimum Gasteiger partial charge on any atom is -0.462 e. The summed E-state index contributed by atoms with van der Waals surface area (Å²) in [5, 5.41) is 0. The second-order valence-corrected chi connectivity index (χ2v) is 7.66. The van der Waals surface area contributed by atoms with E-state index in [1.165, 1.54) is 0 Å². The first-order chi connectivity index (χ1) is 13.6. The SMILES string of the molecule is O=C1OCCOC(=O)[C@H]2CCCC[C@H]2C(=O)OCCOC(=O)[C@@H]2CCCC[C@H]12. The Morgan fingerprint density at radius 3 is 0.857 bits per heavy atom. The van der Waals surface area contributed by atoms with Crippen molar-refractivity contribution in [2.75, 3.05) is 26.4 Å². The van der Waals surface area contributed by atoms with Gasteiger partial charge in [0.05, 0.1) is 23.7 Å². The summed E-state index contributed by atoms with van der Waals surface area (Å²) in [5.74, 6) is -3.99. The average molecular weight is 396 g/mol. The smallest absolute Gasteiger partial charge is 0.309 e. The highest BCUT2D eigenvalue weighted by atomic mass is 16.6. The number of rotatable bonds is 0. The second-order valence-electron chi connectivity index (χ2n) is 7.66. The highest BCUT2D eigenvalue weighted by Crippen LogP contribution is 2.33. The average Bonchev–Trinajstić information content (AvgIpc) is 2.73. The summed E-state index contributed by atoms with van der Waals surface area (Å²) in [4.78, 5) is 49.6. The van der Waals surface area contributed by atoms with Gasteiger partial charge in [0, 0.05) is 0 Å². The van der Waals surface area contributed by atoms with Crippen molar-refractivity contribution in [2.24, 2.45) is 23.7 Å². The van der Waals surface area contributed by atoms with E-state index in [1.54, 1.807) is 0 Å². The van der Waals surface area contributed by atoms with Crippen molar-refractivity contribution in [3.63, 3.8) is 0 Å². The van der Waals surface area contributed by atoms with Gasteiger partial charge < -0.3 is 18.9 Å². The predicted octanol–water partition coefficient (Wildman–Crippen LogP) is 1.79.